The monoisotopic (exact) mass is 283 g/mol. The molecule has 0 spiro atoms. The van der Waals surface area contributed by atoms with Crippen LogP contribution in [-0.4, -0.2) is 17.1 Å². The molecule has 20 heavy (non-hydrogen) atoms. The Bertz CT molecular complexity index is 708. The van der Waals surface area contributed by atoms with Crippen molar-refractivity contribution < 1.29 is 4.74 Å². The average Bonchev–Trinajstić information content (AvgIpc) is 3.01. The third-order valence-electron chi connectivity index (χ3n) is 2.90. The molecule has 0 amide bonds. The number of nitrogen functional groups attached to an aromatic ring is 1. The summed E-state index contributed by atoms with van der Waals surface area (Å²) in [6, 6.07) is 13.7. The van der Waals surface area contributed by atoms with Gasteiger partial charge in [-0.05, 0) is 41.8 Å². The van der Waals surface area contributed by atoms with Crippen molar-refractivity contribution in [3.63, 3.8) is 0 Å². The molecule has 0 aliphatic heterocycles. The molecular formula is C15H13N3OS. The van der Waals surface area contributed by atoms with Crippen LogP contribution in [-0.2, 0) is 0 Å². The zero-order valence-electron chi connectivity index (χ0n) is 10.9. The van der Waals surface area contributed by atoms with Crippen LogP contribution in [0.5, 0.6) is 5.75 Å². The Balaban J connectivity index is 2.04. The highest BCUT2D eigenvalue weighted by Crippen LogP contribution is 2.28. The minimum Gasteiger partial charge on any atom is -0.497 e. The van der Waals surface area contributed by atoms with E-state index in [9.17, 15) is 0 Å². The van der Waals surface area contributed by atoms with E-state index in [2.05, 4.69) is 9.97 Å². The lowest BCUT2D eigenvalue weighted by Crippen LogP contribution is -1.98. The van der Waals surface area contributed by atoms with Crippen LogP contribution in [0.3, 0.4) is 0 Å². The van der Waals surface area contributed by atoms with Crippen molar-refractivity contribution in [3.8, 4) is 27.6 Å². The standard InChI is InChI=1S/C15H13N3OS/c1-19-11-6-4-10(5-7-11)12-9-13(18-15(16)17-12)14-3-2-8-20-14/h2-9H,1H3,(H2,16,17,18). The van der Waals surface area contributed by atoms with Crippen molar-refractivity contribution in [1.29, 1.82) is 0 Å². The number of nitrogens with two attached hydrogens (primary N) is 1. The van der Waals surface area contributed by atoms with E-state index in [1.807, 2.05) is 47.8 Å². The van der Waals surface area contributed by atoms with Gasteiger partial charge in [0.25, 0.3) is 0 Å². The van der Waals surface area contributed by atoms with Gasteiger partial charge in [0.15, 0.2) is 0 Å². The molecule has 0 radical (unpaired) electrons. The zero-order chi connectivity index (χ0) is 13.9. The average molecular weight is 283 g/mol. The summed E-state index contributed by atoms with van der Waals surface area (Å²) in [5.41, 5.74) is 8.46. The normalized spacial score (nSPS) is 10.4. The minimum absolute atomic E-state index is 0.279. The van der Waals surface area contributed by atoms with Crippen LogP contribution in [0.4, 0.5) is 5.95 Å². The molecule has 2 heterocycles. The predicted molar refractivity (Wildman–Crippen MR) is 81.7 cm³/mol. The van der Waals surface area contributed by atoms with Gasteiger partial charge in [-0.3, -0.25) is 0 Å². The van der Waals surface area contributed by atoms with Crippen LogP contribution in [0.25, 0.3) is 21.8 Å². The Morgan fingerprint density at radius 3 is 2.45 bits per heavy atom. The third kappa shape index (κ3) is 2.48. The fourth-order valence-electron chi connectivity index (χ4n) is 1.93. The molecule has 0 unspecified atom stereocenters. The van der Waals surface area contributed by atoms with E-state index in [1.165, 1.54) is 0 Å². The topological polar surface area (TPSA) is 61.0 Å². The molecule has 3 aromatic rings. The van der Waals surface area contributed by atoms with Crippen molar-refractivity contribution in [3.05, 3.63) is 47.8 Å². The van der Waals surface area contributed by atoms with E-state index in [0.29, 0.717) is 0 Å². The Kier molecular flexibility index (Phi) is 3.35. The number of benzene rings is 1. The van der Waals surface area contributed by atoms with E-state index >= 15 is 0 Å². The first-order chi connectivity index (χ1) is 9.76. The molecule has 3 rings (SSSR count). The maximum Gasteiger partial charge on any atom is 0.221 e. The molecule has 2 aromatic heterocycles. The molecule has 0 aliphatic rings. The van der Waals surface area contributed by atoms with Gasteiger partial charge in [0.05, 0.1) is 23.4 Å². The quantitative estimate of drug-likeness (QED) is 0.799. The van der Waals surface area contributed by atoms with Crippen molar-refractivity contribution in [1.82, 2.24) is 9.97 Å². The summed E-state index contributed by atoms with van der Waals surface area (Å²) in [7, 11) is 1.65. The highest BCUT2D eigenvalue weighted by Gasteiger charge is 2.07. The van der Waals surface area contributed by atoms with Crippen LogP contribution in [0.15, 0.2) is 47.8 Å². The van der Waals surface area contributed by atoms with Crippen molar-refractivity contribution in [2.45, 2.75) is 0 Å². The molecule has 0 fully saturated rings. The molecule has 0 saturated carbocycles. The Morgan fingerprint density at radius 1 is 1.05 bits per heavy atom. The highest BCUT2D eigenvalue weighted by molar-refractivity contribution is 7.13. The van der Waals surface area contributed by atoms with Crippen molar-refractivity contribution in [2.75, 3.05) is 12.8 Å². The maximum absolute atomic E-state index is 5.82. The van der Waals surface area contributed by atoms with E-state index in [4.69, 9.17) is 10.5 Å². The first kappa shape index (κ1) is 12.6. The summed E-state index contributed by atoms with van der Waals surface area (Å²) in [4.78, 5) is 9.67. The number of anilines is 1. The number of ether oxygens (including phenoxy) is 1. The molecule has 0 bridgehead atoms. The number of rotatable bonds is 3. The van der Waals surface area contributed by atoms with Gasteiger partial charge in [-0.2, -0.15) is 0 Å². The molecule has 100 valence electrons. The molecular weight excluding hydrogens is 270 g/mol. The first-order valence-electron chi connectivity index (χ1n) is 6.09. The van der Waals surface area contributed by atoms with E-state index in [1.54, 1.807) is 18.4 Å². The van der Waals surface area contributed by atoms with Gasteiger partial charge < -0.3 is 10.5 Å². The summed E-state index contributed by atoms with van der Waals surface area (Å²) in [6.45, 7) is 0. The van der Waals surface area contributed by atoms with Gasteiger partial charge in [-0.1, -0.05) is 6.07 Å². The fraction of sp³-hybridized carbons (Fsp3) is 0.0667. The summed E-state index contributed by atoms with van der Waals surface area (Å²) in [5.74, 6) is 1.09. The van der Waals surface area contributed by atoms with Crippen LogP contribution in [0, 0.1) is 0 Å². The summed E-state index contributed by atoms with van der Waals surface area (Å²) < 4.78 is 5.16. The number of nitrogens with zero attached hydrogens (tertiary/aromatic N) is 2. The first-order valence-corrected chi connectivity index (χ1v) is 6.97. The Morgan fingerprint density at radius 2 is 1.80 bits per heavy atom. The summed E-state index contributed by atoms with van der Waals surface area (Å²) in [5, 5.41) is 2.01. The molecule has 0 saturated heterocycles. The minimum atomic E-state index is 0.279. The highest BCUT2D eigenvalue weighted by atomic mass is 32.1. The van der Waals surface area contributed by atoms with Gasteiger partial charge >= 0.3 is 0 Å². The van der Waals surface area contributed by atoms with Gasteiger partial charge in [0, 0.05) is 5.56 Å². The fourth-order valence-corrected chi connectivity index (χ4v) is 2.61. The van der Waals surface area contributed by atoms with Gasteiger partial charge in [-0.15, -0.1) is 11.3 Å². The third-order valence-corrected chi connectivity index (χ3v) is 3.80. The second kappa shape index (κ2) is 5.30. The number of hydrogen-bond donors (Lipinski definition) is 1. The molecule has 5 heteroatoms. The maximum atomic E-state index is 5.82. The number of thiophene rings is 1. The number of methoxy groups -OCH3 is 1. The van der Waals surface area contributed by atoms with E-state index in [0.717, 1.165) is 27.6 Å². The Labute approximate surface area is 120 Å². The van der Waals surface area contributed by atoms with Crippen LogP contribution in [0.1, 0.15) is 0 Å². The summed E-state index contributed by atoms with van der Waals surface area (Å²) in [6.07, 6.45) is 0. The van der Waals surface area contributed by atoms with Gasteiger partial charge in [0.2, 0.25) is 5.95 Å². The van der Waals surface area contributed by atoms with Crippen LogP contribution < -0.4 is 10.5 Å². The largest absolute Gasteiger partial charge is 0.497 e. The second-order valence-electron chi connectivity index (χ2n) is 4.20. The van der Waals surface area contributed by atoms with Crippen molar-refractivity contribution in [2.24, 2.45) is 0 Å². The van der Waals surface area contributed by atoms with E-state index < -0.39 is 0 Å². The lowest BCUT2D eigenvalue weighted by atomic mass is 10.1. The predicted octanol–water partition coefficient (Wildman–Crippen LogP) is 3.46. The van der Waals surface area contributed by atoms with Crippen LogP contribution >= 0.6 is 11.3 Å². The zero-order valence-corrected chi connectivity index (χ0v) is 11.7. The van der Waals surface area contributed by atoms with E-state index in [-0.39, 0.29) is 5.95 Å². The number of aromatic nitrogens is 2. The lowest BCUT2D eigenvalue weighted by Gasteiger charge is -2.06. The smallest absolute Gasteiger partial charge is 0.221 e. The van der Waals surface area contributed by atoms with Gasteiger partial charge in [0.1, 0.15) is 5.75 Å². The molecule has 1 aromatic carbocycles. The molecule has 0 aliphatic carbocycles. The van der Waals surface area contributed by atoms with Crippen LogP contribution in [0.2, 0.25) is 0 Å². The SMILES string of the molecule is COc1ccc(-c2cc(-c3cccs3)nc(N)n2)cc1. The lowest BCUT2D eigenvalue weighted by molar-refractivity contribution is 0.415. The second-order valence-corrected chi connectivity index (χ2v) is 5.15. The van der Waals surface area contributed by atoms with Gasteiger partial charge in [-0.25, -0.2) is 9.97 Å². The molecule has 4 nitrogen and oxygen atoms in total. The van der Waals surface area contributed by atoms with Crippen molar-refractivity contribution >= 4 is 17.3 Å². The Hall–Kier alpha value is -2.40. The molecule has 2 N–H and O–H groups in total. The summed E-state index contributed by atoms with van der Waals surface area (Å²) >= 11 is 1.63. The number of hydrogen-bond acceptors (Lipinski definition) is 5. The molecule has 0 atom stereocenters.